The number of anilines is 1. The molecule has 2 heteroatoms. The molecule has 0 aromatic heterocycles. The summed E-state index contributed by atoms with van der Waals surface area (Å²) in [5, 5.41) is 3.42. The highest BCUT2D eigenvalue weighted by Crippen LogP contribution is 2.19. The molecule has 0 radical (unpaired) electrons. The second-order valence-electron chi connectivity index (χ2n) is 4.91. The standard InChI is InChI=1S/C14H22N2/c1-12-4-3-5-14(10-12)16(2)11-13-6-8-15-9-7-13/h3-5,10,13,15H,6-9,11H2,1-2H3. The van der Waals surface area contributed by atoms with Crippen molar-refractivity contribution >= 4 is 5.69 Å². The van der Waals surface area contributed by atoms with Crippen LogP contribution >= 0.6 is 0 Å². The van der Waals surface area contributed by atoms with Crippen molar-refractivity contribution in [3.8, 4) is 0 Å². The van der Waals surface area contributed by atoms with E-state index in [1.54, 1.807) is 0 Å². The zero-order valence-electron chi connectivity index (χ0n) is 10.4. The second kappa shape index (κ2) is 5.35. The maximum absolute atomic E-state index is 3.42. The van der Waals surface area contributed by atoms with Gasteiger partial charge in [-0.1, -0.05) is 12.1 Å². The van der Waals surface area contributed by atoms with Gasteiger partial charge in [-0.3, -0.25) is 0 Å². The molecule has 1 aliphatic heterocycles. The Labute approximate surface area is 98.7 Å². The fraction of sp³-hybridized carbons (Fsp3) is 0.571. The Morgan fingerprint density at radius 3 is 2.75 bits per heavy atom. The molecule has 2 nitrogen and oxygen atoms in total. The summed E-state index contributed by atoms with van der Waals surface area (Å²) in [6.45, 7) is 5.71. The molecule has 1 saturated heterocycles. The van der Waals surface area contributed by atoms with Gasteiger partial charge < -0.3 is 10.2 Å². The molecule has 0 saturated carbocycles. The van der Waals surface area contributed by atoms with E-state index in [4.69, 9.17) is 0 Å². The highest BCUT2D eigenvalue weighted by atomic mass is 15.1. The molecule has 2 rings (SSSR count). The molecule has 0 spiro atoms. The number of aryl methyl sites for hydroxylation is 1. The number of nitrogens with one attached hydrogen (secondary N) is 1. The molecular weight excluding hydrogens is 196 g/mol. The van der Waals surface area contributed by atoms with Crippen molar-refractivity contribution in [3.05, 3.63) is 29.8 Å². The molecule has 0 atom stereocenters. The summed E-state index contributed by atoms with van der Waals surface area (Å²) in [7, 11) is 2.21. The molecule has 0 amide bonds. The summed E-state index contributed by atoms with van der Waals surface area (Å²) in [5.74, 6) is 0.853. The van der Waals surface area contributed by atoms with Gasteiger partial charge >= 0.3 is 0 Å². The first-order chi connectivity index (χ1) is 7.75. The highest BCUT2D eigenvalue weighted by Gasteiger charge is 2.15. The van der Waals surface area contributed by atoms with Crippen LogP contribution in [0.5, 0.6) is 0 Å². The maximum atomic E-state index is 3.42. The largest absolute Gasteiger partial charge is 0.374 e. The average molecular weight is 218 g/mol. The molecule has 0 unspecified atom stereocenters. The summed E-state index contributed by atoms with van der Waals surface area (Å²) in [4.78, 5) is 2.39. The van der Waals surface area contributed by atoms with Crippen LogP contribution < -0.4 is 10.2 Å². The van der Waals surface area contributed by atoms with E-state index in [0.717, 1.165) is 5.92 Å². The molecule has 16 heavy (non-hydrogen) atoms. The van der Waals surface area contributed by atoms with Crippen LogP contribution in [0.2, 0.25) is 0 Å². The maximum Gasteiger partial charge on any atom is 0.0366 e. The summed E-state index contributed by atoms with van der Waals surface area (Å²) in [6, 6.07) is 8.76. The lowest BCUT2D eigenvalue weighted by Crippen LogP contribution is -2.34. The Morgan fingerprint density at radius 2 is 2.06 bits per heavy atom. The number of hydrogen-bond donors (Lipinski definition) is 1. The third kappa shape index (κ3) is 2.99. The minimum Gasteiger partial charge on any atom is -0.374 e. The summed E-state index contributed by atoms with van der Waals surface area (Å²) >= 11 is 0. The quantitative estimate of drug-likeness (QED) is 0.838. The Balaban J connectivity index is 1.94. The third-order valence-corrected chi connectivity index (χ3v) is 3.43. The first-order valence-corrected chi connectivity index (χ1v) is 6.24. The smallest absolute Gasteiger partial charge is 0.0366 e. The van der Waals surface area contributed by atoms with E-state index < -0.39 is 0 Å². The fourth-order valence-electron chi connectivity index (χ4n) is 2.42. The molecule has 1 aliphatic rings. The van der Waals surface area contributed by atoms with E-state index in [9.17, 15) is 0 Å². The lowest BCUT2D eigenvalue weighted by Gasteiger charge is -2.29. The number of nitrogens with zero attached hydrogens (tertiary/aromatic N) is 1. The molecule has 88 valence electrons. The van der Waals surface area contributed by atoms with Crippen molar-refractivity contribution in [3.63, 3.8) is 0 Å². The normalized spacial score (nSPS) is 17.4. The van der Waals surface area contributed by atoms with Crippen molar-refractivity contribution in [2.75, 3.05) is 31.6 Å². The van der Waals surface area contributed by atoms with Gasteiger partial charge in [0.25, 0.3) is 0 Å². The second-order valence-corrected chi connectivity index (χ2v) is 4.91. The Morgan fingerprint density at radius 1 is 1.31 bits per heavy atom. The van der Waals surface area contributed by atoms with E-state index in [-0.39, 0.29) is 0 Å². The van der Waals surface area contributed by atoms with Crippen LogP contribution in [0.4, 0.5) is 5.69 Å². The lowest BCUT2D eigenvalue weighted by atomic mass is 9.97. The van der Waals surface area contributed by atoms with Crippen LogP contribution in [0.15, 0.2) is 24.3 Å². The zero-order chi connectivity index (χ0) is 11.4. The van der Waals surface area contributed by atoms with Gasteiger partial charge in [0.2, 0.25) is 0 Å². The number of benzene rings is 1. The van der Waals surface area contributed by atoms with Crippen molar-refractivity contribution in [2.24, 2.45) is 5.92 Å². The van der Waals surface area contributed by atoms with Gasteiger partial charge in [-0.15, -0.1) is 0 Å². The van der Waals surface area contributed by atoms with Crippen LogP contribution in [0.25, 0.3) is 0 Å². The van der Waals surface area contributed by atoms with Crippen LogP contribution in [0.1, 0.15) is 18.4 Å². The van der Waals surface area contributed by atoms with E-state index in [2.05, 4.69) is 48.5 Å². The molecular formula is C14H22N2. The highest BCUT2D eigenvalue weighted by molar-refractivity contribution is 5.47. The minimum absolute atomic E-state index is 0.853. The van der Waals surface area contributed by atoms with Crippen LogP contribution in [0.3, 0.4) is 0 Å². The van der Waals surface area contributed by atoms with Gasteiger partial charge in [-0.25, -0.2) is 0 Å². The van der Waals surface area contributed by atoms with Gasteiger partial charge in [0, 0.05) is 19.3 Å². The van der Waals surface area contributed by atoms with Gasteiger partial charge in [-0.2, -0.15) is 0 Å². The number of hydrogen-bond acceptors (Lipinski definition) is 2. The van der Waals surface area contributed by atoms with Crippen LogP contribution in [0, 0.1) is 12.8 Å². The van der Waals surface area contributed by atoms with Gasteiger partial charge in [0.1, 0.15) is 0 Å². The van der Waals surface area contributed by atoms with Crippen LogP contribution in [-0.4, -0.2) is 26.7 Å². The van der Waals surface area contributed by atoms with Crippen molar-refractivity contribution in [2.45, 2.75) is 19.8 Å². The minimum atomic E-state index is 0.853. The predicted molar refractivity (Wildman–Crippen MR) is 70.0 cm³/mol. The van der Waals surface area contributed by atoms with Crippen molar-refractivity contribution < 1.29 is 0 Å². The van der Waals surface area contributed by atoms with Gasteiger partial charge in [-0.05, 0) is 56.5 Å². The Hall–Kier alpha value is -1.02. The number of rotatable bonds is 3. The van der Waals surface area contributed by atoms with Crippen molar-refractivity contribution in [1.29, 1.82) is 0 Å². The van der Waals surface area contributed by atoms with Gasteiger partial charge in [0.15, 0.2) is 0 Å². The molecule has 1 aromatic rings. The molecule has 0 bridgehead atoms. The first-order valence-electron chi connectivity index (χ1n) is 6.24. The van der Waals surface area contributed by atoms with E-state index in [1.165, 1.54) is 43.7 Å². The zero-order valence-corrected chi connectivity index (χ0v) is 10.4. The molecule has 1 fully saturated rings. The molecule has 1 aromatic carbocycles. The predicted octanol–water partition coefficient (Wildman–Crippen LogP) is 2.43. The van der Waals surface area contributed by atoms with E-state index in [1.807, 2.05) is 0 Å². The van der Waals surface area contributed by atoms with Crippen LogP contribution in [-0.2, 0) is 0 Å². The Bertz CT molecular complexity index is 329. The monoisotopic (exact) mass is 218 g/mol. The summed E-state index contributed by atoms with van der Waals surface area (Å²) in [5.41, 5.74) is 2.69. The molecule has 1 N–H and O–H groups in total. The lowest BCUT2D eigenvalue weighted by molar-refractivity contribution is 0.378. The molecule has 1 heterocycles. The summed E-state index contributed by atoms with van der Waals surface area (Å²) < 4.78 is 0. The van der Waals surface area contributed by atoms with E-state index >= 15 is 0 Å². The topological polar surface area (TPSA) is 15.3 Å². The molecule has 0 aliphatic carbocycles. The van der Waals surface area contributed by atoms with Crippen molar-refractivity contribution in [1.82, 2.24) is 5.32 Å². The Kier molecular flexibility index (Phi) is 3.83. The third-order valence-electron chi connectivity index (χ3n) is 3.43. The summed E-state index contributed by atoms with van der Waals surface area (Å²) in [6.07, 6.45) is 2.63. The van der Waals surface area contributed by atoms with Gasteiger partial charge in [0.05, 0.1) is 0 Å². The SMILES string of the molecule is Cc1cccc(N(C)CC2CCNCC2)c1. The van der Waals surface area contributed by atoms with E-state index in [0.29, 0.717) is 0 Å². The number of piperidine rings is 1. The average Bonchev–Trinajstić information content (AvgIpc) is 2.30. The fourth-order valence-corrected chi connectivity index (χ4v) is 2.42. The first kappa shape index (κ1) is 11.5.